The Hall–Kier alpha value is -6.15. The number of nitrogens with zero attached hydrogens (tertiary/aromatic N) is 7. The number of fused-ring (bicyclic) bond motifs is 5. The van der Waals surface area contributed by atoms with E-state index in [1.165, 1.54) is 17.9 Å². The van der Waals surface area contributed by atoms with Gasteiger partial charge in [-0.05, 0) is 59.9 Å². The Balaban J connectivity index is 1.19. The number of aryl methyl sites for hydroxylation is 1. The van der Waals surface area contributed by atoms with Gasteiger partial charge in [0, 0.05) is 42.6 Å². The van der Waals surface area contributed by atoms with Crippen molar-refractivity contribution < 1.29 is 44.3 Å². The highest BCUT2D eigenvalue weighted by Gasteiger charge is 2.67. The highest BCUT2D eigenvalue weighted by Crippen LogP contribution is 2.68. The fraction of sp³-hybridized carbons (Fsp3) is 0.293. The van der Waals surface area contributed by atoms with Gasteiger partial charge in [0.1, 0.15) is 35.4 Å². The molecule has 0 bridgehead atoms. The highest BCUT2D eigenvalue weighted by atomic mass is 35.5. The summed E-state index contributed by atoms with van der Waals surface area (Å²) in [5.74, 6) is -7.89. The number of halogens is 7. The molecule has 3 aromatic heterocycles. The van der Waals surface area contributed by atoms with Crippen molar-refractivity contribution in [1.82, 2.24) is 29.9 Å². The molecule has 1 amide bonds. The first-order valence-electron chi connectivity index (χ1n) is 19.0. The molecule has 0 saturated heterocycles. The lowest BCUT2D eigenvalue weighted by atomic mass is 9.99. The highest BCUT2D eigenvalue weighted by molar-refractivity contribution is 7.92. The molecule has 322 valence electrons. The van der Waals surface area contributed by atoms with E-state index in [1.807, 2.05) is 12.1 Å². The molecule has 3 atom stereocenters. The maximum atomic E-state index is 15.5. The number of ether oxygens (including phenoxy) is 1. The lowest BCUT2D eigenvalue weighted by molar-refractivity contribution is -0.122. The number of hydrogen-bond acceptors (Lipinski definition) is 9. The summed E-state index contributed by atoms with van der Waals surface area (Å²) in [5, 5.41) is 11.3. The molecule has 3 aliphatic rings. The van der Waals surface area contributed by atoms with Crippen molar-refractivity contribution in [3.63, 3.8) is 0 Å². The SMILES string of the molecule is COc1cccc(-c2ccc3c(c2)N=C([C@H](Cc2cc(F)cc(F)c2)NC(=O)Cn2nc(C(F)F)c4c2C(F)(F)[C@@H]2C[C@H]42)N(c2ccc(Cl)c4c(NS(C)(=O)=O)nn(C)c24)C3)n1. The topological polar surface area (TPSA) is 149 Å². The monoisotopic (exact) mass is 897 g/mol. The van der Waals surface area contributed by atoms with Crippen LogP contribution in [-0.2, 0) is 47.3 Å². The summed E-state index contributed by atoms with van der Waals surface area (Å²) < 4.78 is 123. The van der Waals surface area contributed by atoms with Gasteiger partial charge in [0.25, 0.3) is 12.3 Å². The Morgan fingerprint density at radius 2 is 1.81 bits per heavy atom. The molecular formula is C41H34ClF6N9O4S. The third kappa shape index (κ3) is 7.37. The van der Waals surface area contributed by atoms with Crippen LogP contribution in [0.5, 0.6) is 5.88 Å². The van der Waals surface area contributed by atoms with E-state index < -0.39 is 75.7 Å². The lowest BCUT2D eigenvalue weighted by Crippen LogP contribution is -2.51. The maximum Gasteiger partial charge on any atom is 0.293 e. The molecule has 6 aromatic rings. The molecule has 0 unspecified atom stereocenters. The molecule has 62 heavy (non-hydrogen) atoms. The summed E-state index contributed by atoms with van der Waals surface area (Å²) >= 11 is 6.68. The first-order valence-corrected chi connectivity index (χ1v) is 21.3. The van der Waals surface area contributed by atoms with Gasteiger partial charge in [-0.15, -0.1) is 0 Å². The fourth-order valence-corrected chi connectivity index (χ4v) is 9.24. The average molecular weight is 898 g/mol. The van der Waals surface area contributed by atoms with Crippen LogP contribution in [0.4, 0.5) is 43.5 Å². The minimum atomic E-state index is -3.84. The predicted octanol–water partition coefficient (Wildman–Crippen LogP) is 7.77. The smallest absolute Gasteiger partial charge is 0.293 e. The van der Waals surface area contributed by atoms with Gasteiger partial charge in [-0.25, -0.2) is 36.0 Å². The molecule has 3 aromatic carbocycles. The first-order chi connectivity index (χ1) is 29.4. The van der Waals surface area contributed by atoms with Crippen LogP contribution in [0.25, 0.3) is 22.2 Å². The van der Waals surface area contributed by atoms with Crippen LogP contribution in [0.1, 0.15) is 46.8 Å². The fourth-order valence-electron chi connectivity index (χ4n) is 8.51. The first kappa shape index (κ1) is 41.2. The second-order valence-electron chi connectivity index (χ2n) is 15.4. The van der Waals surface area contributed by atoms with Crippen molar-refractivity contribution in [2.45, 2.75) is 50.2 Å². The number of pyridine rings is 1. The summed E-state index contributed by atoms with van der Waals surface area (Å²) in [4.78, 5) is 25.4. The van der Waals surface area contributed by atoms with Crippen molar-refractivity contribution in [1.29, 1.82) is 0 Å². The van der Waals surface area contributed by atoms with E-state index >= 15 is 8.78 Å². The van der Waals surface area contributed by atoms with Gasteiger partial charge in [-0.3, -0.25) is 18.9 Å². The van der Waals surface area contributed by atoms with Crippen LogP contribution in [0, 0.1) is 17.6 Å². The molecule has 21 heteroatoms. The van der Waals surface area contributed by atoms with Crippen LogP contribution in [0.3, 0.4) is 0 Å². The standard InChI is InChI=1S/C41H34ClF6N9O4S/c1-55-36-30(10-9-26(42)34(36)39(53-55)54-62(3,59)60)56-17-21-8-7-20(27-5-4-6-32(50-27)61-2)14-28(21)51-40(56)29(13-19-11-22(43)15-23(44)12-19)49-31(58)18-57-37-33(35(52-57)38(45)46)24-16-25(24)41(37,47)48/h4-12,14-15,24-25,29,38H,13,16-18H2,1-3H3,(H,49,58)(H,53,54)/t24-,25+,29-/m0/s1. The van der Waals surface area contributed by atoms with Gasteiger partial charge in [0.15, 0.2) is 5.82 Å². The molecule has 1 saturated carbocycles. The number of sulfonamides is 1. The molecule has 2 N–H and O–H groups in total. The van der Waals surface area contributed by atoms with Crippen LogP contribution in [-0.4, -0.2) is 64.1 Å². The quantitative estimate of drug-likeness (QED) is 0.119. The van der Waals surface area contributed by atoms with Crippen molar-refractivity contribution in [3.8, 4) is 17.1 Å². The number of carbonyl (C=O) groups excluding carboxylic acids is 1. The number of hydrogen-bond donors (Lipinski definition) is 2. The Morgan fingerprint density at radius 1 is 1.05 bits per heavy atom. The normalized spacial score (nSPS) is 18.0. The van der Waals surface area contributed by atoms with E-state index in [1.54, 1.807) is 42.3 Å². The molecule has 1 fully saturated rings. The van der Waals surface area contributed by atoms with Crippen LogP contribution < -0.4 is 19.7 Å². The van der Waals surface area contributed by atoms with Gasteiger partial charge >= 0.3 is 0 Å². The molecule has 2 aliphatic carbocycles. The third-order valence-corrected chi connectivity index (χ3v) is 12.0. The molecule has 0 radical (unpaired) electrons. The zero-order chi connectivity index (χ0) is 44.0. The minimum Gasteiger partial charge on any atom is -0.481 e. The van der Waals surface area contributed by atoms with Crippen molar-refractivity contribution in [2.24, 2.45) is 18.0 Å². The summed E-state index contributed by atoms with van der Waals surface area (Å²) in [6.07, 6.45) is -2.51. The summed E-state index contributed by atoms with van der Waals surface area (Å²) in [5.41, 5.74) is 1.20. The summed E-state index contributed by atoms with van der Waals surface area (Å²) in [7, 11) is -0.806. The second-order valence-corrected chi connectivity index (χ2v) is 17.5. The lowest BCUT2D eigenvalue weighted by Gasteiger charge is -2.36. The number of aliphatic imine (C=N–C) groups is 1. The molecule has 1 aliphatic heterocycles. The number of rotatable bonds is 12. The van der Waals surface area contributed by atoms with Crippen molar-refractivity contribution in [3.05, 3.63) is 111 Å². The molecule has 9 rings (SSSR count). The summed E-state index contributed by atoms with van der Waals surface area (Å²) in [6, 6.07) is 15.2. The number of amidine groups is 1. The van der Waals surface area contributed by atoms with E-state index in [4.69, 9.17) is 21.3 Å². The zero-order valence-electron chi connectivity index (χ0n) is 32.8. The molecule has 0 spiro atoms. The molecular weight excluding hydrogens is 864 g/mol. The number of methoxy groups -OCH3 is 1. The molecule has 4 heterocycles. The van der Waals surface area contributed by atoms with E-state index in [0.29, 0.717) is 50.3 Å². The third-order valence-electron chi connectivity index (χ3n) is 11.1. The largest absolute Gasteiger partial charge is 0.481 e. The Bertz CT molecular complexity index is 2960. The van der Waals surface area contributed by atoms with Crippen LogP contribution in [0.2, 0.25) is 5.02 Å². The predicted molar refractivity (Wildman–Crippen MR) is 218 cm³/mol. The Kier molecular flexibility index (Phi) is 10.00. The van der Waals surface area contributed by atoms with E-state index in [-0.39, 0.29) is 52.6 Å². The van der Waals surface area contributed by atoms with Crippen LogP contribution >= 0.6 is 11.6 Å². The number of anilines is 2. The average Bonchev–Trinajstić information content (AvgIpc) is 3.75. The van der Waals surface area contributed by atoms with Gasteiger partial charge in [0.05, 0.1) is 58.9 Å². The van der Waals surface area contributed by atoms with Gasteiger partial charge in [-0.2, -0.15) is 19.0 Å². The van der Waals surface area contributed by atoms with Gasteiger partial charge < -0.3 is 15.0 Å². The minimum absolute atomic E-state index is 0.0248. The Morgan fingerprint density at radius 3 is 2.52 bits per heavy atom. The van der Waals surface area contributed by atoms with E-state index in [0.717, 1.165) is 18.4 Å². The van der Waals surface area contributed by atoms with Gasteiger partial charge in [-0.1, -0.05) is 29.8 Å². The van der Waals surface area contributed by atoms with E-state index in [2.05, 4.69) is 25.2 Å². The number of amides is 1. The van der Waals surface area contributed by atoms with Crippen molar-refractivity contribution in [2.75, 3.05) is 23.0 Å². The zero-order valence-corrected chi connectivity index (χ0v) is 34.4. The van der Waals surface area contributed by atoms with Crippen molar-refractivity contribution >= 4 is 61.5 Å². The number of nitrogens with one attached hydrogen (secondary N) is 2. The Labute approximate surface area is 354 Å². The summed E-state index contributed by atoms with van der Waals surface area (Å²) in [6.45, 7) is -0.860. The number of carbonyl (C=O) groups is 1. The number of aromatic nitrogens is 5. The number of alkyl halides is 4. The second kappa shape index (κ2) is 15.0. The number of benzene rings is 3. The van der Waals surface area contributed by atoms with Crippen LogP contribution in [0.15, 0.2) is 71.7 Å². The maximum absolute atomic E-state index is 15.5. The van der Waals surface area contributed by atoms with E-state index in [9.17, 15) is 30.8 Å². The molecule has 13 nitrogen and oxygen atoms in total. The van der Waals surface area contributed by atoms with Gasteiger partial charge in [0.2, 0.25) is 21.8 Å².